The van der Waals surface area contributed by atoms with Gasteiger partial charge in [0.25, 0.3) is 5.91 Å². The minimum atomic E-state index is -3.32. The van der Waals surface area contributed by atoms with Gasteiger partial charge in [-0.05, 0) is 67.8 Å². The van der Waals surface area contributed by atoms with Gasteiger partial charge in [0.15, 0.2) is 6.10 Å². The summed E-state index contributed by atoms with van der Waals surface area (Å²) >= 11 is 0. The van der Waals surface area contributed by atoms with Crippen molar-refractivity contribution in [1.82, 2.24) is 0 Å². The Bertz CT molecular complexity index is 888. The topological polar surface area (TPSA) is 75.7 Å². The highest BCUT2D eigenvalue weighted by atomic mass is 32.2. The summed E-state index contributed by atoms with van der Waals surface area (Å²) in [7, 11) is -1.84. The van der Waals surface area contributed by atoms with Crippen LogP contribution < -0.4 is 14.4 Å². The van der Waals surface area contributed by atoms with Crippen LogP contribution in [0.2, 0.25) is 0 Å². The normalized spacial score (nSPS) is 12.3. The number of anilines is 2. The van der Waals surface area contributed by atoms with Crippen LogP contribution in [0.1, 0.15) is 24.5 Å². The summed E-state index contributed by atoms with van der Waals surface area (Å²) in [5.41, 5.74) is 3.41. The van der Waals surface area contributed by atoms with Crippen LogP contribution in [-0.4, -0.2) is 33.7 Å². The smallest absolute Gasteiger partial charge is 0.265 e. The number of rotatable bonds is 7. The van der Waals surface area contributed by atoms with Gasteiger partial charge in [-0.3, -0.25) is 9.10 Å². The molecule has 0 aliphatic carbocycles. The zero-order chi connectivity index (χ0) is 20.2. The second-order valence-corrected chi connectivity index (χ2v) is 8.62. The first-order valence-electron chi connectivity index (χ1n) is 8.70. The largest absolute Gasteiger partial charge is 0.481 e. The molecule has 6 nitrogen and oxygen atoms in total. The molecule has 0 aliphatic heterocycles. The average Bonchev–Trinajstić information content (AvgIpc) is 2.57. The van der Waals surface area contributed by atoms with Crippen molar-refractivity contribution in [3.05, 3.63) is 53.6 Å². The number of benzene rings is 2. The summed E-state index contributed by atoms with van der Waals surface area (Å²) in [4.78, 5) is 12.6. The van der Waals surface area contributed by atoms with Gasteiger partial charge in [0.1, 0.15) is 5.75 Å². The minimum Gasteiger partial charge on any atom is -0.481 e. The first-order chi connectivity index (χ1) is 12.6. The second kappa shape index (κ2) is 8.43. The molecule has 2 rings (SSSR count). The molecule has 0 fully saturated rings. The van der Waals surface area contributed by atoms with Crippen LogP contribution in [0.5, 0.6) is 5.75 Å². The molecular weight excluding hydrogens is 364 g/mol. The van der Waals surface area contributed by atoms with E-state index in [-0.39, 0.29) is 5.91 Å². The summed E-state index contributed by atoms with van der Waals surface area (Å²) in [5, 5.41) is 2.89. The van der Waals surface area contributed by atoms with Crippen molar-refractivity contribution in [2.75, 3.05) is 22.9 Å². The molecule has 7 heteroatoms. The lowest BCUT2D eigenvalue weighted by Crippen LogP contribution is -2.32. The number of carbonyl (C=O) groups is 1. The fraction of sp³-hybridized carbons (Fsp3) is 0.350. The lowest BCUT2D eigenvalue weighted by molar-refractivity contribution is -0.122. The van der Waals surface area contributed by atoms with E-state index in [1.54, 1.807) is 24.3 Å². The van der Waals surface area contributed by atoms with E-state index >= 15 is 0 Å². The third-order valence-corrected chi connectivity index (χ3v) is 5.33. The first-order valence-corrected chi connectivity index (χ1v) is 10.5. The van der Waals surface area contributed by atoms with Crippen LogP contribution >= 0.6 is 0 Å². The van der Waals surface area contributed by atoms with E-state index in [1.807, 2.05) is 39.0 Å². The predicted octanol–water partition coefficient (Wildman–Crippen LogP) is 3.50. The quantitative estimate of drug-likeness (QED) is 0.785. The molecule has 1 amide bonds. The summed E-state index contributed by atoms with van der Waals surface area (Å²) < 4.78 is 30.2. The van der Waals surface area contributed by atoms with Gasteiger partial charge in [-0.1, -0.05) is 13.0 Å². The number of sulfonamides is 1. The fourth-order valence-electron chi connectivity index (χ4n) is 2.68. The van der Waals surface area contributed by atoms with Crippen molar-refractivity contribution in [3.8, 4) is 5.75 Å². The predicted molar refractivity (Wildman–Crippen MR) is 109 cm³/mol. The summed E-state index contributed by atoms with van der Waals surface area (Å²) in [6.07, 6.45) is 0.994. The van der Waals surface area contributed by atoms with E-state index in [2.05, 4.69) is 5.32 Å². The van der Waals surface area contributed by atoms with Gasteiger partial charge in [-0.25, -0.2) is 8.42 Å². The molecule has 0 aromatic heterocycles. The Morgan fingerprint density at radius 3 is 2.15 bits per heavy atom. The molecule has 1 unspecified atom stereocenters. The molecule has 27 heavy (non-hydrogen) atoms. The molecule has 2 aromatic carbocycles. The maximum Gasteiger partial charge on any atom is 0.265 e. The van der Waals surface area contributed by atoms with Gasteiger partial charge < -0.3 is 10.1 Å². The summed E-state index contributed by atoms with van der Waals surface area (Å²) in [6, 6.07) is 12.5. The lowest BCUT2D eigenvalue weighted by Gasteiger charge is -2.19. The molecule has 1 N–H and O–H groups in total. The fourth-order valence-corrected chi connectivity index (χ4v) is 3.19. The standard InChI is InChI=1S/C20H26N2O4S/c1-6-19(20(23)21-16-12-14(2)11-15(3)13-16)26-18-9-7-17(8-10-18)22(4)27(5,24)25/h7-13,19H,6H2,1-5H3,(H,21,23). The number of ether oxygens (including phenoxy) is 1. The van der Waals surface area contributed by atoms with Gasteiger partial charge >= 0.3 is 0 Å². The number of nitrogens with zero attached hydrogens (tertiary/aromatic N) is 1. The Morgan fingerprint density at radius 1 is 1.11 bits per heavy atom. The van der Waals surface area contributed by atoms with E-state index in [0.717, 1.165) is 23.1 Å². The number of hydrogen-bond donors (Lipinski definition) is 1. The number of hydrogen-bond acceptors (Lipinski definition) is 4. The van der Waals surface area contributed by atoms with E-state index in [9.17, 15) is 13.2 Å². The third kappa shape index (κ3) is 5.72. The highest BCUT2D eigenvalue weighted by Crippen LogP contribution is 2.22. The van der Waals surface area contributed by atoms with Crippen molar-refractivity contribution in [1.29, 1.82) is 0 Å². The number of aryl methyl sites for hydroxylation is 2. The molecule has 0 spiro atoms. The third-order valence-electron chi connectivity index (χ3n) is 4.13. The highest BCUT2D eigenvalue weighted by Gasteiger charge is 2.19. The molecule has 146 valence electrons. The SMILES string of the molecule is CCC(Oc1ccc(N(C)S(C)(=O)=O)cc1)C(=O)Nc1cc(C)cc(C)c1. The Balaban J connectivity index is 2.08. The average molecular weight is 391 g/mol. The van der Waals surface area contributed by atoms with Gasteiger partial charge in [0.2, 0.25) is 10.0 Å². The van der Waals surface area contributed by atoms with Crippen LogP contribution in [0.3, 0.4) is 0 Å². The lowest BCUT2D eigenvalue weighted by atomic mass is 10.1. The zero-order valence-electron chi connectivity index (χ0n) is 16.3. The zero-order valence-corrected chi connectivity index (χ0v) is 17.1. The van der Waals surface area contributed by atoms with E-state index < -0.39 is 16.1 Å². The molecule has 0 saturated heterocycles. The Hall–Kier alpha value is -2.54. The number of nitrogens with one attached hydrogen (secondary N) is 1. The van der Waals surface area contributed by atoms with Crippen molar-refractivity contribution < 1.29 is 17.9 Å². The molecule has 2 aromatic rings. The van der Waals surface area contributed by atoms with E-state index in [0.29, 0.717) is 17.9 Å². The molecule has 1 atom stereocenters. The van der Waals surface area contributed by atoms with Gasteiger partial charge in [0.05, 0.1) is 11.9 Å². The van der Waals surface area contributed by atoms with Crippen molar-refractivity contribution in [2.24, 2.45) is 0 Å². The van der Waals surface area contributed by atoms with Crippen molar-refractivity contribution in [2.45, 2.75) is 33.3 Å². The Labute approximate surface area is 161 Å². The molecule has 0 saturated carbocycles. The molecule has 0 aliphatic rings. The number of amides is 1. The molecular formula is C20H26N2O4S. The summed E-state index contributed by atoms with van der Waals surface area (Å²) in [5.74, 6) is 0.280. The van der Waals surface area contributed by atoms with Crippen LogP contribution in [0.25, 0.3) is 0 Å². The summed E-state index contributed by atoms with van der Waals surface area (Å²) in [6.45, 7) is 5.83. The van der Waals surface area contributed by atoms with Crippen LogP contribution in [0.4, 0.5) is 11.4 Å². The minimum absolute atomic E-state index is 0.222. The molecule has 0 heterocycles. The maximum absolute atomic E-state index is 12.6. The van der Waals surface area contributed by atoms with Crippen molar-refractivity contribution >= 4 is 27.3 Å². The maximum atomic E-state index is 12.6. The van der Waals surface area contributed by atoms with Crippen LogP contribution in [0.15, 0.2) is 42.5 Å². The first kappa shape index (κ1) is 20.8. The van der Waals surface area contributed by atoms with E-state index in [1.165, 1.54) is 11.4 Å². The van der Waals surface area contributed by atoms with Crippen molar-refractivity contribution in [3.63, 3.8) is 0 Å². The van der Waals surface area contributed by atoms with Crippen LogP contribution in [0, 0.1) is 13.8 Å². The van der Waals surface area contributed by atoms with E-state index in [4.69, 9.17) is 4.74 Å². The second-order valence-electron chi connectivity index (χ2n) is 6.60. The molecule has 0 bridgehead atoms. The monoisotopic (exact) mass is 390 g/mol. The highest BCUT2D eigenvalue weighted by molar-refractivity contribution is 7.92. The number of carbonyl (C=O) groups excluding carboxylic acids is 1. The Kier molecular flexibility index (Phi) is 6.49. The Morgan fingerprint density at radius 2 is 1.67 bits per heavy atom. The van der Waals surface area contributed by atoms with Gasteiger partial charge in [0, 0.05) is 12.7 Å². The van der Waals surface area contributed by atoms with Crippen LogP contribution in [-0.2, 0) is 14.8 Å². The van der Waals surface area contributed by atoms with Gasteiger partial charge in [-0.2, -0.15) is 0 Å². The van der Waals surface area contributed by atoms with Gasteiger partial charge in [-0.15, -0.1) is 0 Å². The molecule has 0 radical (unpaired) electrons.